The van der Waals surface area contributed by atoms with Crippen molar-refractivity contribution in [2.75, 3.05) is 30.4 Å². The lowest BCUT2D eigenvalue weighted by molar-refractivity contribution is -0.127. The molecule has 3 N–H and O–H groups in total. The van der Waals surface area contributed by atoms with Gasteiger partial charge in [-0.3, -0.25) is 14.4 Å². The molecule has 3 aromatic rings. The Kier molecular flexibility index (Phi) is 7.22. The molecule has 2 aliphatic heterocycles. The summed E-state index contributed by atoms with van der Waals surface area (Å²) < 4.78 is 0. The Bertz CT molecular complexity index is 1170. The van der Waals surface area contributed by atoms with Gasteiger partial charge < -0.3 is 20.9 Å². The maximum Gasteiger partial charge on any atom is 0.253 e. The Balaban J connectivity index is 0.000000226. The number of likely N-dealkylation sites (N-methyl/N-ethyl adjacent to an activating group) is 1. The molecule has 0 aliphatic carbocycles. The molecule has 5 rings (SSSR count). The number of carbonyl (C=O) groups is 3. The van der Waals surface area contributed by atoms with Crippen LogP contribution in [0.25, 0.3) is 11.1 Å². The molecule has 0 saturated carbocycles. The summed E-state index contributed by atoms with van der Waals surface area (Å²) in [5, 5.41) is 8.38. The zero-order chi connectivity index (χ0) is 23.9. The SMILES string of the molecule is CN1C(=O)C(NC(=O)CNC=O)c2ccccc2-c2ccccc21.c1ccc2c(c1)CCCN2. The smallest absolute Gasteiger partial charge is 0.253 e. The van der Waals surface area contributed by atoms with E-state index >= 15 is 0 Å². The summed E-state index contributed by atoms with van der Waals surface area (Å²) >= 11 is 0. The summed E-state index contributed by atoms with van der Waals surface area (Å²) in [5.41, 5.74) is 6.16. The van der Waals surface area contributed by atoms with E-state index < -0.39 is 11.9 Å². The van der Waals surface area contributed by atoms with Crippen LogP contribution in [0.3, 0.4) is 0 Å². The summed E-state index contributed by atoms with van der Waals surface area (Å²) in [6.45, 7) is 0.961. The normalized spacial score (nSPS) is 15.7. The molecule has 0 fully saturated rings. The van der Waals surface area contributed by atoms with Crippen molar-refractivity contribution >= 4 is 29.6 Å². The quantitative estimate of drug-likeness (QED) is 0.526. The second-order valence-corrected chi connectivity index (χ2v) is 8.19. The molecule has 0 bridgehead atoms. The maximum atomic E-state index is 12.9. The van der Waals surface area contributed by atoms with Crippen molar-refractivity contribution in [3.05, 3.63) is 83.9 Å². The minimum atomic E-state index is -0.806. The number of para-hydroxylation sites is 2. The largest absolute Gasteiger partial charge is 0.385 e. The molecule has 1 atom stereocenters. The van der Waals surface area contributed by atoms with E-state index in [0.717, 1.165) is 28.9 Å². The molecule has 7 heteroatoms. The molecular weight excluding hydrogens is 428 g/mol. The van der Waals surface area contributed by atoms with Crippen molar-refractivity contribution < 1.29 is 14.4 Å². The summed E-state index contributed by atoms with van der Waals surface area (Å²) in [4.78, 5) is 36.8. The number of anilines is 2. The van der Waals surface area contributed by atoms with Crippen LogP contribution in [-0.2, 0) is 20.8 Å². The van der Waals surface area contributed by atoms with Crippen molar-refractivity contribution in [3.63, 3.8) is 0 Å². The van der Waals surface area contributed by atoms with Crippen LogP contribution in [0.15, 0.2) is 72.8 Å². The lowest BCUT2D eigenvalue weighted by Gasteiger charge is -2.22. The van der Waals surface area contributed by atoms with Crippen molar-refractivity contribution in [3.8, 4) is 11.1 Å². The lowest BCUT2D eigenvalue weighted by Crippen LogP contribution is -2.43. The van der Waals surface area contributed by atoms with Crippen LogP contribution in [0.4, 0.5) is 11.4 Å². The van der Waals surface area contributed by atoms with Crippen molar-refractivity contribution in [2.45, 2.75) is 18.9 Å². The fourth-order valence-corrected chi connectivity index (χ4v) is 4.33. The Morgan fingerprint density at radius 1 is 1.03 bits per heavy atom. The van der Waals surface area contributed by atoms with Gasteiger partial charge in [0.15, 0.2) is 0 Å². The van der Waals surface area contributed by atoms with Gasteiger partial charge >= 0.3 is 0 Å². The van der Waals surface area contributed by atoms with Crippen LogP contribution in [0.5, 0.6) is 0 Å². The fourth-order valence-electron chi connectivity index (χ4n) is 4.33. The fraction of sp³-hybridized carbons (Fsp3) is 0.222. The molecule has 7 nitrogen and oxygen atoms in total. The average Bonchev–Trinajstić information content (AvgIpc) is 2.98. The second kappa shape index (κ2) is 10.7. The predicted octanol–water partition coefficient (Wildman–Crippen LogP) is 3.28. The summed E-state index contributed by atoms with van der Waals surface area (Å²) in [7, 11) is 1.69. The molecule has 0 saturated heterocycles. The van der Waals surface area contributed by atoms with Gasteiger partial charge in [-0.2, -0.15) is 0 Å². The van der Waals surface area contributed by atoms with Crippen molar-refractivity contribution in [1.29, 1.82) is 0 Å². The third-order valence-corrected chi connectivity index (χ3v) is 6.01. The maximum absolute atomic E-state index is 12.9. The highest BCUT2D eigenvalue weighted by atomic mass is 16.2. The summed E-state index contributed by atoms with van der Waals surface area (Å²) in [5.74, 6) is -0.651. The first-order valence-electron chi connectivity index (χ1n) is 11.3. The number of nitrogens with zero attached hydrogens (tertiary/aromatic N) is 1. The lowest BCUT2D eigenvalue weighted by atomic mass is 9.95. The van der Waals surface area contributed by atoms with Crippen LogP contribution in [0.1, 0.15) is 23.6 Å². The van der Waals surface area contributed by atoms with E-state index in [2.05, 4.69) is 40.2 Å². The van der Waals surface area contributed by atoms with Crippen LogP contribution < -0.4 is 20.9 Å². The van der Waals surface area contributed by atoms with Gasteiger partial charge in [-0.15, -0.1) is 0 Å². The second-order valence-electron chi connectivity index (χ2n) is 8.19. The number of rotatable bonds is 4. The number of amides is 3. The highest BCUT2D eigenvalue weighted by Crippen LogP contribution is 2.39. The van der Waals surface area contributed by atoms with Gasteiger partial charge in [-0.25, -0.2) is 0 Å². The molecule has 2 aliphatic rings. The first-order chi connectivity index (χ1) is 16.6. The number of fused-ring (bicyclic) bond motifs is 4. The van der Waals surface area contributed by atoms with Crippen LogP contribution >= 0.6 is 0 Å². The molecule has 0 radical (unpaired) electrons. The Hall–Kier alpha value is -4.13. The number of aryl methyl sites for hydroxylation is 1. The van der Waals surface area contributed by atoms with Gasteiger partial charge in [0.2, 0.25) is 12.3 Å². The molecule has 0 aromatic heterocycles. The van der Waals surface area contributed by atoms with Gasteiger partial charge in [0.25, 0.3) is 5.91 Å². The highest BCUT2D eigenvalue weighted by molar-refractivity contribution is 6.06. The van der Waals surface area contributed by atoms with E-state index in [4.69, 9.17) is 0 Å². The van der Waals surface area contributed by atoms with E-state index in [9.17, 15) is 14.4 Å². The van der Waals surface area contributed by atoms with E-state index in [1.165, 1.54) is 24.1 Å². The zero-order valence-electron chi connectivity index (χ0n) is 19.1. The van der Waals surface area contributed by atoms with E-state index in [1.54, 1.807) is 11.9 Å². The molecule has 1 unspecified atom stereocenters. The van der Waals surface area contributed by atoms with E-state index in [-0.39, 0.29) is 12.5 Å². The third-order valence-electron chi connectivity index (χ3n) is 6.01. The Morgan fingerprint density at radius 2 is 1.74 bits per heavy atom. The van der Waals surface area contributed by atoms with Gasteiger partial charge in [0, 0.05) is 24.8 Å². The van der Waals surface area contributed by atoms with Crippen LogP contribution in [-0.4, -0.2) is 38.4 Å². The Labute approximate surface area is 199 Å². The minimum absolute atomic E-state index is 0.174. The molecule has 174 valence electrons. The van der Waals surface area contributed by atoms with E-state index in [0.29, 0.717) is 6.41 Å². The molecule has 0 spiro atoms. The average molecular weight is 457 g/mol. The third kappa shape index (κ3) is 4.93. The van der Waals surface area contributed by atoms with Crippen LogP contribution in [0, 0.1) is 0 Å². The molecule has 3 amide bonds. The number of carbonyl (C=O) groups excluding carboxylic acids is 3. The van der Waals surface area contributed by atoms with Gasteiger partial charge in [0.1, 0.15) is 6.04 Å². The molecular formula is C27H28N4O3. The first-order valence-corrected chi connectivity index (χ1v) is 11.3. The zero-order valence-corrected chi connectivity index (χ0v) is 19.1. The monoisotopic (exact) mass is 456 g/mol. The first kappa shape index (κ1) is 23.0. The molecule has 2 heterocycles. The molecule has 3 aromatic carbocycles. The number of hydrogen-bond acceptors (Lipinski definition) is 4. The van der Waals surface area contributed by atoms with Crippen molar-refractivity contribution in [2.24, 2.45) is 0 Å². The topological polar surface area (TPSA) is 90.5 Å². The number of benzene rings is 3. The predicted molar refractivity (Wildman–Crippen MR) is 133 cm³/mol. The summed E-state index contributed by atoms with van der Waals surface area (Å²) in [6.07, 6.45) is 2.96. The highest BCUT2D eigenvalue weighted by Gasteiger charge is 2.32. The van der Waals surface area contributed by atoms with Crippen molar-refractivity contribution in [1.82, 2.24) is 10.6 Å². The molecule has 34 heavy (non-hydrogen) atoms. The van der Waals surface area contributed by atoms with Gasteiger partial charge in [-0.1, -0.05) is 60.7 Å². The minimum Gasteiger partial charge on any atom is -0.385 e. The number of nitrogens with one attached hydrogen (secondary N) is 3. The Morgan fingerprint density at radius 3 is 2.53 bits per heavy atom. The standard InChI is InChI=1S/C18H17N3O3.C9H11N/c1-21-15-9-5-4-7-13(15)12-6-2-3-8-14(12)17(18(21)24)20-16(23)10-19-11-22;1-2-6-9-8(4-1)5-3-7-10-9/h2-9,11,17H,10H2,1H3,(H,19,22)(H,20,23);1-2,4,6,10H,3,5,7H2. The van der Waals surface area contributed by atoms with E-state index in [1.807, 2.05) is 48.5 Å². The number of hydrogen-bond donors (Lipinski definition) is 3. The summed E-state index contributed by atoms with van der Waals surface area (Å²) in [6, 6.07) is 22.8. The van der Waals surface area contributed by atoms with Crippen LogP contribution in [0.2, 0.25) is 0 Å². The van der Waals surface area contributed by atoms with Gasteiger partial charge in [0.05, 0.1) is 12.2 Å². The van der Waals surface area contributed by atoms with Gasteiger partial charge in [-0.05, 0) is 41.7 Å².